The van der Waals surface area contributed by atoms with Gasteiger partial charge in [-0.25, -0.2) is 0 Å². The second kappa shape index (κ2) is 4.35. The number of hydrogen-bond acceptors (Lipinski definition) is 3. The topological polar surface area (TPSA) is 58.2 Å². The molecule has 15 heavy (non-hydrogen) atoms. The summed E-state index contributed by atoms with van der Waals surface area (Å²) < 4.78 is 0. The average Bonchev–Trinajstić information content (AvgIpc) is 2.14. The number of rotatable bonds is 4. The van der Waals surface area contributed by atoms with Gasteiger partial charge < -0.3 is 10.6 Å². The van der Waals surface area contributed by atoms with Crippen LogP contribution in [-0.4, -0.2) is 16.9 Å². The first-order valence-corrected chi connectivity index (χ1v) is 4.86. The van der Waals surface area contributed by atoms with E-state index in [-0.39, 0.29) is 18.0 Å². The first kappa shape index (κ1) is 11.6. The lowest BCUT2D eigenvalue weighted by Gasteiger charge is -2.33. The van der Waals surface area contributed by atoms with Crippen molar-refractivity contribution in [2.24, 2.45) is 5.41 Å². The monoisotopic (exact) mass is 224 g/mol. The van der Waals surface area contributed by atoms with Gasteiger partial charge in [0.15, 0.2) is 5.11 Å². The Bertz CT molecular complexity index is 317. The van der Waals surface area contributed by atoms with Crippen molar-refractivity contribution in [2.75, 3.05) is 0 Å². The van der Waals surface area contributed by atoms with Gasteiger partial charge in [0.25, 0.3) is 0 Å². The van der Waals surface area contributed by atoms with E-state index in [2.05, 4.69) is 23.8 Å². The molecule has 1 saturated heterocycles. The van der Waals surface area contributed by atoms with Gasteiger partial charge in [-0.1, -0.05) is 12.2 Å². The van der Waals surface area contributed by atoms with Gasteiger partial charge in [-0.3, -0.25) is 9.59 Å². The minimum atomic E-state index is -1.15. The number of amides is 2. The molecule has 0 aromatic carbocycles. The van der Waals surface area contributed by atoms with Gasteiger partial charge in [-0.2, -0.15) is 0 Å². The number of thiocarbonyl (C=S) groups is 1. The standard InChI is InChI=1S/C10H12N2O2S/c1-3-5-10(6-4-2)7(13)11-9(15)12-8(10)14/h3-4H,1-2,5-6H2,(H2,11,12,13,14,15). The number of hydrogen-bond donors (Lipinski definition) is 2. The fraction of sp³-hybridized carbons (Fsp3) is 0.300. The predicted octanol–water partition coefficient (Wildman–Crippen LogP) is 0.656. The Kier molecular flexibility index (Phi) is 3.36. The number of carbonyl (C=O) groups is 2. The van der Waals surface area contributed by atoms with E-state index in [9.17, 15) is 9.59 Å². The molecule has 1 heterocycles. The molecule has 1 aliphatic rings. The van der Waals surface area contributed by atoms with Gasteiger partial charge in [0, 0.05) is 0 Å². The molecule has 1 fully saturated rings. The molecule has 2 N–H and O–H groups in total. The van der Waals surface area contributed by atoms with E-state index < -0.39 is 17.2 Å². The van der Waals surface area contributed by atoms with E-state index in [0.717, 1.165) is 0 Å². The summed E-state index contributed by atoms with van der Waals surface area (Å²) in [5.74, 6) is -0.785. The molecule has 0 aliphatic carbocycles. The van der Waals surface area contributed by atoms with Crippen LogP contribution in [0.4, 0.5) is 0 Å². The van der Waals surface area contributed by atoms with Crippen molar-refractivity contribution < 1.29 is 9.59 Å². The molecule has 80 valence electrons. The van der Waals surface area contributed by atoms with Crippen LogP contribution in [0, 0.1) is 5.41 Å². The van der Waals surface area contributed by atoms with Gasteiger partial charge >= 0.3 is 0 Å². The minimum Gasteiger partial charge on any atom is -0.302 e. The van der Waals surface area contributed by atoms with Crippen LogP contribution in [0.1, 0.15) is 12.8 Å². The van der Waals surface area contributed by atoms with Crippen LogP contribution in [-0.2, 0) is 9.59 Å². The lowest BCUT2D eigenvalue weighted by Crippen LogP contribution is -2.62. The quantitative estimate of drug-likeness (QED) is 0.419. The molecule has 0 aromatic rings. The van der Waals surface area contributed by atoms with E-state index in [1.807, 2.05) is 0 Å². The van der Waals surface area contributed by atoms with Crippen molar-refractivity contribution >= 4 is 29.1 Å². The normalized spacial score (nSPS) is 19.1. The Labute approximate surface area is 93.4 Å². The Morgan fingerprint density at radius 3 is 1.87 bits per heavy atom. The molecule has 0 atom stereocenters. The summed E-state index contributed by atoms with van der Waals surface area (Å²) in [6, 6.07) is 0. The summed E-state index contributed by atoms with van der Waals surface area (Å²) in [6.07, 6.45) is 3.60. The second-order valence-electron chi connectivity index (χ2n) is 3.31. The fourth-order valence-corrected chi connectivity index (χ4v) is 1.71. The van der Waals surface area contributed by atoms with Crippen molar-refractivity contribution in [3.63, 3.8) is 0 Å². The van der Waals surface area contributed by atoms with Crippen LogP contribution < -0.4 is 10.6 Å². The van der Waals surface area contributed by atoms with Crippen molar-refractivity contribution in [1.82, 2.24) is 10.6 Å². The Morgan fingerprint density at radius 1 is 1.13 bits per heavy atom. The molecule has 0 unspecified atom stereocenters. The van der Waals surface area contributed by atoms with Crippen molar-refractivity contribution in [2.45, 2.75) is 12.8 Å². The van der Waals surface area contributed by atoms with Crippen LogP contribution in [0.5, 0.6) is 0 Å². The van der Waals surface area contributed by atoms with E-state index >= 15 is 0 Å². The molecule has 5 heteroatoms. The molecule has 0 aromatic heterocycles. The first-order valence-electron chi connectivity index (χ1n) is 4.45. The molecule has 0 radical (unpaired) electrons. The predicted molar refractivity (Wildman–Crippen MR) is 60.9 cm³/mol. The van der Waals surface area contributed by atoms with E-state index in [1.165, 1.54) is 12.2 Å². The van der Waals surface area contributed by atoms with Crippen molar-refractivity contribution in [3.05, 3.63) is 25.3 Å². The van der Waals surface area contributed by atoms with Gasteiger partial charge in [0.2, 0.25) is 11.8 Å². The zero-order valence-electron chi connectivity index (χ0n) is 8.21. The molecule has 4 nitrogen and oxygen atoms in total. The van der Waals surface area contributed by atoms with E-state index in [0.29, 0.717) is 0 Å². The highest BCUT2D eigenvalue weighted by Crippen LogP contribution is 2.30. The van der Waals surface area contributed by atoms with Crippen molar-refractivity contribution in [3.8, 4) is 0 Å². The third-order valence-electron chi connectivity index (χ3n) is 2.31. The molecule has 0 bridgehead atoms. The molecule has 1 aliphatic heterocycles. The van der Waals surface area contributed by atoms with Gasteiger partial charge in [-0.15, -0.1) is 13.2 Å². The minimum absolute atomic E-state index is 0.0498. The fourth-order valence-electron chi connectivity index (χ4n) is 1.53. The molecule has 2 amide bonds. The van der Waals surface area contributed by atoms with Crippen LogP contribution in [0.25, 0.3) is 0 Å². The van der Waals surface area contributed by atoms with Gasteiger partial charge in [-0.05, 0) is 25.1 Å². The third-order valence-corrected chi connectivity index (χ3v) is 2.51. The maximum Gasteiger partial charge on any atom is 0.242 e. The van der Waals surface area contributed by atoms with Crippen LogP contribution in [0.15, 0.2) is 25.3 Å². The molecule has 0 saturated carbocycles. The van der Waals surface area contributed by atoms with Gasteiger partial charge in [0.1, 0.15) is 5.41 Å². The average molecular weight is 224 g/mol. The van der Waals surface area contributed by atoms with Crippen LogP contribution in [0.3, 0.4) is 0 Å². The van der Waals surface area contributed by atoms with Crippen molar-refractivity contribution in [1.29, 1.82) is 0 Å². The second-order valence-corrected chi connectivity index (χ2v) is 3.71. The Balaban J connectivity index is 3.07. The highest BCUT2D eigenvalue weighted by molar-refractivity contribution is 7.80. The molecular formula is C10H12N2O2S. The highest BCUT2D eigenvalue weighted by atomic mass is 32.1. The molecular weight excluding hydrogens is 212 g/mol. The smallest absolute Gasteiger partial charge is 0.242 e. The maximum atomic E-state index is 11.8. The van der Waals surface area contributed by atoms with Crippen LogP contribution in [0.2, 0.25) is 0 Å². The first-order chi connectivity index (χ1) is 7.06. The summed E-state index contributed by atoms with van der Waals surface area (Å²) in [7, 11) is 0. The highest BCUT2D eigenvalue weighted by Gasteiger charge is 2.47. The largest absolute Gasteiger partial charge is 0.302 e. The van der Waals surface area contributed by atoms with Crippen LogP contribution >= 0.6 is 12.2 Å². The van der Waals surface area contributed by atoms with E-state index in [4.69, 9.17) is 12.2 Å². The lowest BCUT2D eigenvalue weighted by molar-refractivity contribution is -0.143. The summed E-state index contributed by atoms with van der Waals surface area (Å²) in [5.41, 5.74) is -1.15. The number of allylic oxidation sites excluding steroid dienone is 2. The zero-order chi connectivity index (χ0) is 11.5. The Morgan fingerprint density at radius 2 is 1.53 bits per heavy atom. The van der Waals surface area contributed by atoms with E-state index in [1.54, 1.807) is 0 Å². The summed E-state index contributed by atoms with van der Waals surface area (Å²) in [5, 5.41) is 4.92. The maximum absolute atomic E-state index is 11.8. The third kappa shape index (κ3) is 1.97. The SMILES string of the molecule is C=CCC1(CC=C)C(=O)NC(=S)NC1=O. The Hall–Kier alpha value is -1.49. The molecule has 0 spiro atoms. The zero-order valence-corrected chi connectivity index (χ0v) is 9.02. The lowest BCUT2D eigenvalue weighted by atomic mass is 9.78. The summed E-state index contributed by atoms with van der Waals surface area (Å²) >= 11 is 4.72. The summed E-state index contributed by atoms with van der Waals surface area (Å²) in [4.78, 5) is 23.5. The molecule has 1 rings (SSSR count). The van der Waals surface area contributed by atoms with Gasteiger partial charge in [0.05, 0.1) is 0 Å². The number of carbonyl (C=O) groups excluding carboxylic acids is 2. The number of nitrogens with one attached hydrogen (secondary N) is 2. The summed E-state index contributed by atoms with van der Waals surface area (Å²) in [6.45, 7) is 7.09.